The number of amides is 2. The van der Waals surface area contributed by atoms with E-state index < -0.39 is 0 Å². The van der Waals surface area contributed by atoms with Crippen LogP contribution in [-0.2, 0) is 14.3 Å². The van der Waals surface area contributed by atoms with Gasteiger partial charge in [0.05, 0.1) is 19.8 Å². The van der Waals surface area contributed by atoms with E-state index >= 15 is 0 Å². The maximum Gasteiger partial charge on any atom is 0.245 e. The van der Waals surface area contributed by atoms with Crippen molar-refractivity contribution in [3.05, 3.63) is 0 Å². The normalized spacial score (nSPS) is 24.4. The van der Waals surface area contributed by atoms with E-state index in [0.717, 1.165) is 19.4 Å². The molecule has 2 saturated heterocycles. The van der Waals surface area contributed by atoms with Crippen LogP contribution in [0.3, 0.4) is 0 Å². The summed E-state index contributed by atoms with van der Waals surface area (Å²) in [6, 6.07) is -0.217. The van der Waals surface area contributed by atoms with Crippen molar-refractivity contribution in [2.45, 2.75) is 18.9 Å². The minimum absolute atomic E-state index is 0.0610. The lowest BCUT2D eigenvalue weighted by Gasteiger charge is -2.36. The van der Waals surface area contributed by atoms with Crippen molar-refractivity contribution >= 4 is 11.8 Å². The summed E-state index contributed by atoms with van der Waals surface area (Å²) in [7, 11) is 0. The Kier molecular flexibility index (Phi) is 3.96. The Labute approximate surface area is 101 Å². The van der Waals surface area contributed by atoms with Gasteiger partial charge in [0.15, 0.2) is 0 Å². The first kappa shape index (κ1) is 12.3. The summed E-state index contributed by atoms with van der Waals surface area (Å²) in [4.78, 5) is 27.2. The van der Waals surface area contributed by atoms with Gasteiger partial charge in [0.2, 0.25) is 11.8 Å². The topological polar surface area (TPSA) is 75.9 Å². The number of fused-ring (bicyclic) bond motifs is 1. The molecule has 6 heteroatoms. The fourth-order valence-electron chi connectivity index (χ4n) is 2.41. The molecule has 1 atom stereocenters. The van der Waals surface area contributed by atoms with Gasteiger partial charge in [-0.2, -0.15) is 0 Å². The maximum atomic E-state index is 12.1. The molecule has 1 unspecified atom stereocenters. The van der Waals surface area contributed by atoms with Crippen molar-refractivity contribution in [1.29, 1.82) is 0 Å². The maximum absolute atomic E-state index is 12.1. The van der Waals surface area contributed by atoms with E-state index in [0.29, 0.717) is 26.3 Å². The molecule has 0 radical (unpaired) electrons. The van der Waals surface area contributed by atoms with E-state index in [1.807, 2.05) is 0 Å². The van der Waals surface area contributed by atoms with Crippen LogP contribution in [0.25, 0.3) is 0 Å². The summed E-state index contributed by atoms with van der Waals surface area (Å²) in [6.07, 6.45) is 1.73. The third kappa shape index (κ3) is 2.58. The summed E-state index contributed by atoms with van der Waals surface area (Å²) in [5.74, 6) is 0.129. The molecule has 0 aromatic heterocycles. The van der Waals surface area contributed by atoms with E-state index in [-0.39, 0.29) is 24.4 Å². The lowest BCUT2D eigenvalue weighted by atomic mass is 10.1. The van der Waals surface area contributed by atoms with Crippen LogP contribution in [0.15, 0.2) is 0 Å². The molecule has 0 aliphatic carbocycles. The minimum atomic E-state index is -0.217. The second kappa shape index (κ2) is 5.46. The predicted octanol–water partition coefficient (Wildman–Crippen LogP) is -1.21. The summed E-state index contributed by atoms with van der Waals surface area (Å²) in [5, 5.41) is 0. The molecule has 2 rings (SSSR count). The molecule has 0 saturated carbocycles. The predicted molar refractivity (Wildman–Crippen MR) is 61.2 cm³/mol. The zero-order chi connectivity index (χ0) is 12.3. The molecule has 0 bridgehead atoms. The summed E-state index contributed by atoms with van der Waals surface area (Å²) in [6.45, 7) is 2.82. The van der Waals surface area contributed by atoms with Gasteiger partial charge in [-0.25, -0.2) is 0 Å². The van der Waals surface area contributed by atoms with Crippen molar-refractivity contribution in [3.8, 4) is 0 Å². The highest BCUT2D eigenvalue weighted by Gasteiger charge is 2.41. The van der Waals surface area contributed by atoms with Crippen LogP contribution < -0.4 is 5.73 Å². The molecule has 2 fully saturated rings. The Hall–Kier alpha value is -1.14. The van der Waals surface area contributed by atoms with Gasteiger partial charge in [0.1, 0.15) is 6.04 Å². The van der Waals surface area contributed by atoms with E-state index in [2.05, 4.69) is 0 Å². The third-order valence-corrected chi connectivity index (χ3v) is 3.26. The summed E-state index contributed by atoms with van der Waals surface area (Å²) >= 11 is 0. The molecule has 96 valence electrons. The number of hydrogen-bond acceptors (Lipinski definition) is 4. The Morgan fingerprint density at radius 1 is 1.35 bits per heavy atom. The number of piperazine rings is 1. The van der Waals surface area contributed by atoms with Gasteiger partial charge in [-0.05, 0) is 12.8 Å². The Balaban J connectivity index is 1.86. The first-order valence-corrected chi connectivity index (χ1v) is 6.10. The first-order valence-electron chi connectivity index (χ1n) is 6.10. The monoisotopic (exact) mass is 241 g/mol. The third-order valence-electron chi connectivity index (χ3n) is 3.26. The number of carbonyl (C=O) groups excluding carboxylic acids is 2. The lowest BCUT2D eigenvalue weighted by molar-refractivity contribution is -0.154. The van der Waals surface area contributed by atoms with Crippen LogP contribution >= 0.6 is 0 Å². The van der Waals surface area contributed by atoms with Gasteiger partial charge >= 0.3 is 0 Å². The molecule has 17 heavy (non-hydrogen) atoms. The zero-order valence-corrected chi connectivity index (χ0v) is 9.93. The van der Waals surface area contributed by atoms with Gasteiger partial charge in [-0.3, -0.25) is 9.59 Å². The zero-order valence-electron chi connectivity index (χ0n) is 9.93. The minimum Gasteiger partial charge on any atom is -0.378 e. The fourth-order valence-corrected chi connectivity index (χ4v) is 2.41. The number of nitrogens with zero attached hydrogens (tertiary/aromatic N) is 2. The summed E-state index contributed by atoms with van der Waals surface area (Å²) in [5.41, 5.74) is 5.30. The quantitative estimate of drug-likeness (QED) is 0.613. The molecular formula is C11H19N3O3. The number of nitrogens with two attached hydrogens (primary N) is 1. The van der Waals surface area contributed by atoms with E-state index in [1.54, 1.807) is 9.80 Å². The second-order valence-electron chi connectivity index (χ2n) is 4.41. The second-order valence-corrected chi connectivity index (χ2v) is 4.41. The van der Waals surface area contributed by atoms with Crippen LogP contribution in [0, 0.1) is 0 Å². The lowest BCUT2D eigenvalue weighted by Crippen LogP contribution is -2.57. The van der Waals surface area contributed by atoms with Gasteiger partial charge in [0.25, 0.3) is 0 Å². The molecule has 2 aliphatic heterocycles. The van der Waals surface area contributed by atoms with E-state index in [4.69, 9.17) is 10.5 Å². The van der Waals surface area contributed by atoms with Crippen molar-refractivity contribution in [2.75, 3.05) is 39.4 Å². The largest absolute Gasteiger partial charge is 0.378 e. The highest BCUT2D eigenvalue weighted by Crippen LogP contribution is 2.23. The first-order chi connectivity index (χ1) is 8.24. The molecule has 0 aromatic rings. The number of rotatable bonds is 5. The van der Waals surface area contributed by atoms with Gasteiger partial charge in [-0.1, -0.05) is 0 Å². The number of hydrogen-bond donors (Lipinski definition) is 1. The van der Waals surface area contributed by atoms with E-state index in [9.17, 15) is 9.59 Å². The number of ether oxygens (including phenoxy) is 1. The highest BCUT2D eigenvalue weighted by molar-refractivity contribution is 5.95. The molecule has 6 nitrogen and oxygen atoms in total. The van der Waals surface area contributed by atoms with Crippen molar-refractivity contribution in [2.24, 2.45) is 5.73 Å². The van der Waals surface area contributed by atoms with Crippen LogP contribution in [0.2, 0.25) is 0 Å². The molecule has 2 heterocycles. The SMILES string of the molecule is NCCOCCN1CC(=O)N2CCCC2C1=O. The van der Waals surface area contributed by atoms with Gasteiger partial charge in [0, 0.05) is 19.6 Å². The molecule has 2 N–H and O–H groups in total. The average Bonchev–Trinajstić information content (AvgIpc) is 2.80. The van der Waals surface area contributed by atoms with Gasteiger partial charge in [-0.15, -0.1) is 0 Å². The van der Waals surface area contributed by atoms with Crippen LogP contribution in [0.4, 0.5) is 0 Å². The summed E-state index contributed by atoms with van der Waals surface area (Å²) < 4.78 is 5.24. The Morgan fingerprint density at radius 2 is 2.18 bits per heavy atom. The number of carbonyl (C=O) groups is 2. The van der Waals surface area contributed by atoms with Gasteiger partial charge < -0.3 is 20.3 Å². The molecule has 0 spiro atoms. The standard InChI is InChI=1S/C11H19N3O3/c12-3-6-17-7-5-13-8-10(15)14-4-1-2-9(14)11(13)16/h9H,1-8,12H2. The fraction of sp³-hybridized carbons (Fsp3) is 0.818. The highest BCUT2D eigenvalue weighted by atomic mass is 16.5. The van der Waals surface area contributed by atoms with E-state index in [1.165, 1.54) is 0 Å². The van der Waals surface area contributed by atoms with Crippen molar-refractivity contribution in [1.82, 2.24) is 9.80 Å². The van der Waals surface area contributed by atoms with Crippen LogP contribution in [0.5, 0.6) is 0 Å². The van der Waals surface area contributed by atoms with Crippen LogP contribution in [-0.4, -0.2) is 67.0 Å². The Morgan fingerprint density at radius 3 is 2.94 bits per heavy atom. The van der Waals surface area contributed by atoms with Crippen LogP contribution in [0.1, 0.15) is 12.8 Å². The molecule has 0 aromatic carbocycles. The smallest absolute Gasteiger partial charge is 0.245 e. The Bertz CT molecular complexity index is 308. The molecular weight excluding hydrogens is 222 g/mol. The van der Waals surface area contributed by atoms with Crippen molar-refractivity contribution < 1.29 is 14.3 Å². The molecule has 2 aliphatic rings. The molecule has 2 amide bonds. The van der Waals surface area contributed by atoms with Crippen molar-refractivity contribution in [3.63, 3.8) is 0 Å². The average molecular weight is 241 g/mol.